The quantitative estimate of drug-likeness (QED) is 0.884. The molecule has 2 N–H and O–H groups in total. The molecule has 2 aromatic rings. The second kappa shape index (κ2) is 7.40. The molecule has 4 nitrogen and oxygen atoms in total. The number of hydrogen-bond acceptors (Lipinski definition) is 4. The Balaban J connectivity index is 1.64. The summed E-state index contributed by atoms with van der Waals surface area (Å²) in [5.74, 6) is 0.165. The van der Waals surface area contributed by atoms with E-state index in [1.165, 1.54) is 4.70 Å². The van der Waals surface area contributed by atoms with Crippen molar-refractivity contribution in [3.8, 4) is 0 Å². The van der Waals surface area contributed by atoms with E-state index in [0.29, 0.717) is 31.6 Å². The standard InChI is InChI=1S/C18H24ClN3OS/c1-21(17(23)9-12-7-8-13(10-20)22(12)2)11-16-18(19)14-5-3-4-6-15(14)24-16/h3-6,12-13H,7-11,20H2,1-2H3/t12-,13+/m0/s1. The number of nitrogens with two attached hydrogens (primary N) is 1. The Bertz CT molecular complexity index is 732. The molecular formula is C18H24ClN3OS. The van der Waals surface area contributed by atoms with Crippen LogP contribution in [0, 0.1) is 0 Å². The van der Waals surface area contributed by atoms with Gasteiger partial charge in [-0.05, 0) is 26.0 Å². The van der Waals surface area contributed by atoms with Crippen molar-refractivity contribution in [2.45, 2.75) is 37.9 Å². The fourth-order valence-corrected chi connectivity index (χ4v) is 4.99. The van der Waals surface area contributed by atoms with Gasteiger partial charge < -0.3 is 10.6 Å². The van der Waals surface area contributed by atoms with Gasteiger partial charge in [-0.25, -0.2) is 0 Å². The van der Waals surface area contributed by atoms with Crippen molar-refractivity contribution >= 4 is 38.9 Å². The lowest BCUT2D eigenvalue weighted by atomic mass is 10.1. The fourth-order valence-electron chi connectivity index (χ4n) is 3.45. The predicted molar refractivity (Wildman–Crippen MR) is 102 cm³/mol. The first-order valence-electron chi connectivity index (χ1n) is 8.33. The zero-order chi connectivity index (χ0) is 17.3. The molecule has 24 heavy (non-hydrogen) atoms. The van der Waals surface area contributed by atoms with Gasteiger partial charge in [-0.15, -0.1) is 11.3 Å². The van der Waals surface area contributed by atoms with Crippen LogP contribution in [0.5, 0.6) is 0 Å². The molecule has 1 aromatic heterocycles. The minimum Gasteiger partial charge on any atom is -0.341 e. The van der Waals surface area contributed by atoms with Crippen LogP contribution in [0.4, 0.5) is 0 Å². The maximum absolute atomic E-state index is 12.6. The van der Waals surface area contributed by atoms with Gasteiger partial charge in [0.05, 0.1) is 11.6 Å². The molecule has 0 aliphatic carbocycles. The Kier molecular flexibility index (Phi) is 5.45. The van der Waals surface area contributed by atoms with Gasteiger partial charge in [0, 0.05) is 47.1 Å². The van der Waals surface area contributed by atoms with E-state index in [2.05, 4.69) is 18.0 Å². The SMILES string of the molecule is CN(Cc1sc2ccccc2c1Cl)C(=O)C[C@@H]1CC[C@H](CN)N1C. The summed E-state index contributed by atoms with van der Waals surface area (Å²) in [7, 11) is 3.93. The third-order valence-corrected chi connectivity index (χ3v) is 6.77. The molecule has 6 heteroatoms. The van der Waals surface area contributed by atoms with E-state index in [-0.39, 0.29) is 5.91 Å². The first-order chi connectivity index (χ1) is 11.5. The van der Waals surface area contributed by atoms with E-state index in [0.717, 1.165) is 28.1 Å². The fraction of sp³-hybridized carbons (Fsp3) is 0.500. The van der Waals surface area contributed by atoms with Crippen LogP contribution in [0.1, 0.15) is 24.1 Å². The van der Waals surface area contributed by atoms with Crippen molar-refractivity contribution in [2.24, 2.45) is 5.73 Å². The molecule has 0 bridgehead atoms. The topological polar surface area (TPSA) is 49.6 Å². The summed E-state index contributed by atoms with van der Waals surface area (Å²) in [5, 5.41) is 1.85. The number of likely N-dealkylation sites (N-methyl/N-ethyl adjacent to an activating group) is 1. The highest BCUT2D eigenvalue weighted by atomic mass is 35.5. The Morgan fingerprint density at radius 1 is 1.38 bits per heavy atom. The number of benzene rings is 1. The van der Waals surface area contributed by atoms with Crippen molar-refractivity contribution in [3.63, 3.8) is 0 Å². The number of fused-ring (bicyclic) bond motifs is 1. The van der Waals surface area contributed by atoms with Crippen molar-refractivity contribution in [3.05, 3.63) is 34.2 Å². The molecule has 0 saturated carbocycles. The zero-order valence-corrected chi connectivity index (χ0v) is 15.7. The van der Waals surface area contributed by atoms with Crippen LogP contribution in [0.15, 0.2) is 24.3 Å². The summed E-state index contributed by atoms with van der Waals surface area (Å²) in [6.45, 7) is 1.22. The molecule has 1 aliphatic rings. The number of carbonyl (C=O) groups is 1. The molecule has 1 fully saturated rings. The number of halogens is 1. The van der Waals surface area contributed by atoms with Gasteiger partial charge in [-0.3, -0.25) is 9.69 Å². The van der Waals surface area contributed by atoms with E-state index < -0.39 is 0 Å². The Hall–Kier alpha value is -1.14. The highest BCUT2D eigenvalue weighted by Crippen LogP contribution is 2.36. The van der Waals surface area contributed by atoms with E-state index in [1.54, 1.807) is 16.2 Å². The van der Waals surface area contributed by atoms with Crippen LogP contribution in [0.2, 0.25) is 5.02 Å². The Labute approximate surface area is 152 Å². The maximum atomic E-state index is 12.6. The van der Waals surface area contributed by atoms with Gasteiger partial charge in [0.15, 0.2) is 0 Å². The van der Waals surface area contributed by atoms with Gasteiger partial charge in [0.2, 0.25) is 5.91 Å². The summed E-state index contributed by atoms with van der Waals surface area (Å²) in [5.41, 5.74) is 5.78. The molecule has 130 valence electrons. The average Bonchev–Trinajstić information content (AvgIpc) is 3.08. The number of amides is 1. The predicted octanol–water partition coefficient (Wildman–Crippen LogP) is 3.32. The number of hydrogen-bond donors (Lipinski definition) is 1. The Morgan fingerprint density at radius 3 is 2.75 bits per heavy atom. The molecule has 1 aliphatic heterocycles. The summed E-state index contributed by atoms with van der Waals surface area (Å²) in [6, 6.07) is 8.80. The lowest BCUT2D eigenvalue weighted by molar-refractivity contribution is -0.131. The summed E-state index contributed by atoms with van der Waals surface area (Å²) >= 11 is 8.15. The second-order valence-electron chi connectivity index (χ2n) is 6.58. The lowest BCUT2D eigenvalue weighted by Crippen LogP contribution is -2.39. The van der Waals surface area contributed by atoms with Crippen molar-refractivity contribution in [1.82, 2.24) is 9.80 Å². The lowest BCUT2D eigenvalue weighted by Gasteiger charge is -2.26. The maximum Gasteiger partial charge on any atom is 0.224 e. The van der Waals surface area contributed by atoms with Crippen molar-refractivity contribution < 1.29 is 4.79 Å². The van der Waals surface area contributed by atoms with E-state index in [9.17, 15) is 4.79 Å². The van der Waals surface area contributed by atoms with Gasteiger partial charge in [-0.1, -0.05) is 29.8 Å². The summed E-state index contributed by atoms with van der Waals surface area (Å²) in [4.78, 5) is 17.7. The molecule has 0 radical (unpaired) electrons. The molecule has 1 saturated heterocycles. The molecule has 3 rings (SSSR count). The van der Waals surface area contributed by atoms with Gasteiger partial charge in [0.25, 0.3) is 0 Å². The third kappa shape index (κ3) is 3.45. The van der Waals surface area contributed by atoms with E-state index in [1.807, 2.05) is 25.2 Å². The minimum atomic E-state index is 0.165. The summed E-state index contributed by atoms with van der Waals surface area (Å²) in [6.07, 6.45) is 2.67. The largest absolute Gasteiger partial charge is 0.341 e. The zero-order valence-electron chi connectivity index (χ0n) is 14.2. The normalized spacial score (nSPS) is 21.5. The van der Waals surface area contributed by atoms with Gasteiger partial charge in [-0.2, -0.15) is 0 Å². The molecular weight excluding hydrogens is 342 g/mol. The van der Waals surface area contributed by atoms with E-state index in [4.69, 9.17) is 17.3 Å². The molecule has 1 amide bonds. The minimum absolute atomic E-state index is 0.165. The first kappa shape index (κ1) is 17.7. The average molecular weight is 366 g/mol. The van der Waals surface area contributed by atoms with Crippen LogP contribution in [-0.4, -0.2) is 48.4 Å². The van der Waals surface area contributed by atoms with Crippen LogP contribution >= 0.6 is 22.9 Å². The smallest absolute Gasteiger partial charge is 0.224 e. The number of likely N-dealkylation sites (tertiary alicyclic amines) is 1. The third-order valence-electron chi connectivity index (χ3n) is 5.08. The van der Waals surface area contributed by atoms with Gasteiger partial charge in [0.1, 0.15) is 0 Å². The second-order valence-corrected chi connectivity index (χ2v) is 8.09. The number of nitrogens with zero attached hydrogens (tertiary/aromatic N) is 2. The van der Waals surface area contributed by atoms with Crippen LogP contribution in [0.25, 0.3) is 10.1 Å². The highest BCUT2D eigenvalue weighted by molar-refractivity contribution is 7.19. The van der Waals surface area contributed by atoms with Crippen molar-refractivity contribution in [1.29, 1.82) is 0 Å². The number of thiophene rings is 1. The number of carbonyl (C=O) groups excluding carboxylic acids is 1. The Morgan fingerprint density at radius 2 is 2.08 bits per heavy atom. The van der Waals surface area contributed by atoms with Gasteiger partial charge >= 0.3 is 0 Å². The summed E-state index contributed by atoms with van der Waals surface area (Å²) < 4.78 is 1.17. The van der Waals surface area contributed by atoms with Crippen LogP contribution in [-0.2, 0) is 11.3 Å². The monoisotopic (exact) mass is 365 g/mol. The van der Waals surface area contributed by atoms with Crippen LogP contribution < -0.4 is 5.73 Å². The van der Waals surface area contributed by atoms with Crippen molar-refractivity contribution in [2.75, 3.05) is 20.6 Å². The molecule has 2 atom stereocenters. The number of rotatable bonds is 5. The molecule has 0 spiro atoms. The highest BCUT2D eigenvalue weighted by Gasteiger charge is 2.31. The van der Waals surface area contributed by atoms with Crippen LogP contribution in [0.3, 0.4) is 0 Å². The molecule has 1 aromatic carbocycles. The molecule has 2 heterocycles. The van der Waals surface area contributed by atoms with E-state index >= 15 is 0 Å². The first-order valence-corrected chi connectivity index (χ1v) is 9.52. The molecule has 0 unspecified atom stereocenters.